The summed E-state index contributed by atoms with van der Waals surface area (Å²) in [7, 11) is 1.95. The molecule has 0 fully saturated rings. The predicted molar refractivity (Wildman–Crippen MR) is 113 cm³/mol. The molecule has 0 heterocycles. The third-order valence-electron chi connectivity index (χ3n) is 5.38. The highest BCUT2D eigenvalue weighted by Crippen LogP contribution is 2.12. The van der Waals surface area contributed by atoms with E-state index >= 15 is 0 Å². The van der Waals surface area contributed by atoms with Gasteiger partial charge in [0.1, 0.15) is 25.7 Å². The Morgan fingerprint density at radius 2 is 1.19 bits per heavy atom. The van der Waals surface area contributed by atoms with Crippen LogP contribution >= 0.6 is 0 Å². The summed E-state index contributed by atoms with van der Waals surface area (Å²) in [6.07, 6.45) is 15.4. The molecule has 0 aliphatic carbocycles. The SMILES string of the molecule is CCCCCCCCCCCCCCOCC(O)C[N+](C)(CCO)CCO. The monoisotopic (exact) mass is 390 g/mol. The van der Waals surface area contributed by atoms with Gasteiger partial charge in [0.25, 0.3) is 0 Å². The molecular weight excluding hydrogens is 342 g/mol. The van der Waals surface area contributed by atoms with Crippen LogP contribution in [0, 0.1) is 0 Å². The molecule has 0 aromatic carbocycles. The molecule has 0 amide bonds. The van der Waals surface area contributed by atoms with Gasteiger partial charge < -0.3 is 24.5 Å². The average Bonchev–Trinajstić information content (AvgIpc) is 2.62. The minimum Gasteiger partial charge on any atom is -0.391 e. The van der Waals surface area contributed by atoms with Gasteiger partial charge in [0.05, 0.1) is 26.9 Å². The molecule has 0 radical (unpaired) electrons. The van der Waals surface area contributed by atoms with Crippen LogP contribution in [0.15, 0.2) is 0 Å². The number of aliphatic hydroxyl groups is 3. The van der Waals surface area contributed by atoms with Gasteiger partial charge in [-0.3, -0.25) is 0 Å². The zero-order valence-electron chi connectivity index (χ0n) is 18.2. The maximum absolute atomic E-state index is 10.1. The van der Waals surface area contributed by atoms with E-state index in [2.05, 4.69) is 6.92 Å². The van der Waals surface area contributed by atoms with Gasteiger partial charge in [-0.05, 0) is 6.42 Å². The quantitative estimate of drug-likeness (QED) is 0.207. The van der Waals surface area contributed by atoms with Gasteiger partial charge >= 0.3 is 0 Å². The van der Waals surface area contributed by atoms with Crippen molar-refractivity contribution < 1.29 is 24.5 Å². The Morgan fingerprint density at radius 3 is 1.63 bits per heavy atom. The highest BCUT2D eigenvalue weighted by Gasteiger charge is 2.24. The fourth-order valence-corrected chi connectivity index (χ4v) is 3.60. The zero-order chi connectivity index (χ0) is 20.2. The van der Waals surface area contributed by atoms with Crippen LogP contribution in [0.25, 0.3) is 0 Å². The number of ether oxygens (including phenoxy) is 1. The molecule has 0 rings (SSSR count). The summed E-state index contributed by atoms with van der Waals surface area (Å²) in [6.45, 7) is 5.00. The van der Waals surface area contributed by atoms with Crippen LogP contribution in [-0.4, -0.2) is 79.0 Å². The van der Waals surface area contributed by atoms with Gasteiger partial charge in [0.2, 0.25) is 0 Å². The largest absolute Gasteiger partial charge is 0.391 e. The molecule has 0 bridgehead atoms. The smallest absolute Gasteiger partial charge is 0.126 e. The molecule has 1 atom stereocenters. The average molecular weight is 391 g/mol. The summed E-state index contributed by atoms with van der Waals surface area (Å²) in [5.41, 5.74) is 0. The fourth-order valence-electron chi connectivity index (χ4n) is 3.60. The molecule has 0 aromatic heterocycles. The third-order valence-corrected chi connectivity index (χ3v) is 5.38. The molecule has 0 aromatic rings. The van der Waals surface area contributed by atoms with Crippen LogP contribution in [0.2, 0.25) is 0 Å². The zero-order valence-corrected chi connectivity index (χ0v) is 18.2. The van der Waals surface area contributed by atoms with Gasteiger partial charge in [0.15, 0.2) is 0 Å². The van der Waals surface area contributed by atoms with Crippen molar-refractivity contribution in [2.75, 3.05) is 53.1 Å². The highest BCUT2D eigenvalue weighted by atomic mass is 16.5. The number of hydrogen-bond acceptors (Lipinski definition) is 4. The summed E-state index contributed by atoms with van der Waals surface area (Å²) in [4.78, 5) is 0. The molecule has 1 unspecified atom stereocenters. The lowest BCUT2D eigenvalue weighted by Crippen LogP contribution is -2.52. The standard InChI is InChI=1S/C22H48NO4/c1-3-4-5-6-7-8-9-10-11-12-13-14-19-27-21-22(26)20-23(2,15-17-24)16-18-25/h22,24-26H,3-21H2,1-2H3/q+1. The summed E-state index contributed by atoms with van der Waals surface area (Å²) in [5.74, 6) is 0. The number of unbranched alkanes of at least 4 members (excludes halogenated alkanes) is 11. The van der Waals surface area contributed by atoms with Crippen LogP contribution in [0.4, 0.5) is 0 Å². The molecule has 0 aliphatic rings. The van der Waals surface area contributed by atoms with Crippen molar-refractivity contribution in [1.82, 2.24) is 0 Å². The van der Waals surface area contributed by atoms with E-state index < -0.39 is 6.10 Å². The second-order valence-corrected chi connectivity index (χ2v) is 8.31. The number of rotatable bonds is 21. The lowest BCUT2D eigenvalue weighted by atomic mass is 10.1. The van der Waals surface area contributed by atoms with Gasteiger partial charge in [-0.25, -0.2) is 0 Å². The van der Waals surface area contributed by atoms with E-state index in [0.29, 0.717) is 37.3 Å². The second kappa shape index (κ2) is 19.1. The number of aliphatic hydroxyl groups excluding tert-OH is 3. The van der Waals surface area contributed by atoms with Crippen LogP contribution in [0.3, 0.4) is 0 Å². The third kappa shape index (κ3) is 17.6. The summed E-state index contributed by atoms with van der Waals surface area (Å²) in [6, 6.07) is 0. The number of quaternary nitrogens is 1. The van der Waals surface area contributed by atoms with Crippen molar-refractivity contribution in [2.45, 2.75) is 90.1 Å². The Morgan fingerprint density at radius 1 is 0.741 bits per heavy atom. The minimum atomic E-state index is -0.551. The van der Waals surface area contributed by atoms with Crippen molar-refractivity contribution in [1.29, 1.82) is 0 Å². The van der Waals surface area contributed by atoms with Gasteiger partial charge in [-0.2, -0.15) is 0 Å². The first-order chi connectivity index (χ1) is 13.1. The summed E-state index contributed by atoms with van der Waals surface area (Å²) in [5, 5.41) is 28.4. The van der Waals surface area contributed by atoms with E-state index in [9.17, 15) is 5.11 Å². The molecule has 164 valence electrons. The Balaban J connectivity index is 3.43. The van der Waals surface area contributed by atoms with Crippen molar-refractivity contribution in [3.05, 3.63) is 0 Å². The van der Waals surface area contributed by atoms with E-state index in [1.54, 1.807) is 0 Å². The van der Waals surface area contributed by atoms with Crippen LogP contribution in [-0.2, 0) is 4.74 Å². The Labute approximate surface area is 168 Å². The first-order valence-corrected chi connectivity index (χ1v) is 11.4. The molecular formula is C22H48NO4+. The molecule has 0 aliphatic heterocycles. The van der Waals surface area contributed by atoms with Crippen LogP contribution < -0.4 is 0 Å². The van der Waals surface area contributed by atoms with E-state index in [-0.39, 0.29) is 13.2 Å². The maximum atomic E-state index is 10.1. The van der Waals surface area contributed by atoms with E-state index in [1.165, 1.54) is 70.6 Å². The maximum Gasteiger partial charge on any atom is 0.126 e. The normalized spacial score (nSPS) is 13.2. The number of likely N-dealkylation sites (N-methyl/N-ethyl adjacent to an activating group) is 1. The van der Waals surface area contributed by atoms with Crippen LogP contribution in [0.5, 0.6) is 0 Å². The van der Waals surface area contributed by atoms with Crippen molar-refractivity contribution in [3.8, 4) is 0 Å². The first kappa shape index (κ1) is 26.8. The summed E-state index contributed by atoms with van der Waals surface area (Å²) >= 11 is 0. The summed E-state index contributed by atoms with van der Waals surface area (Å²) < 4.78 is 6.07. The highest BCUT2D eigenvalue weighted by molar-refractivity contribution is 4.54. The van der Waals surface area contributed by atoms with E-state index in [4.69, 9.17) is 14.9 Å². The Bertz CT molecular complexity index is 296. The molecule has 5 heteroatoms. The lowest BCUT2D eigenvalue weighted by molar-refractivity contribution is -0.913. The predicted octanol–water partition coefficient (Wildman–Crippen LogP) is 3.50. The molecule has 0 spiro atoms. The second-order valence-electron chi connectivity index (χ2n) is 8.31. The van der Waals surface area contributed by atoms with Gasteiger partial charge in [-0.1, -0.05) is 77.6 Å². The van der Waals surface area contributed by atoms with Crippen molar-refractivity contribution in [2.24, 2.45) is 0 Å². The Kier molecular flexibility index (Phi) is 19.0. The molecule has 0 saturated heterocycles. The van der Waals surface area contributed by atoms with Gasteiger partial charge in [-0.15, -0.1) is 0 Å². The minimum absolute atomic E-state index is 0.0585. The number of nitrogens with zero attached hydrogens (tertiary/aromatic N) is 1. The van der Waals surface area contributed by atoms with Crippen molar-refractivity contribution in [3.63, 3.8) is 0 Å². The molecule has 3 N–H and O–H groups in total. The topological polar surface area (TPSA) is 69.9 Å². The van der Waals surface area contributed by atoms with Crippen molar-refractivity contribution >= 4 is 0 Å². The van der Waals surface area contributed by atoms with Gasteiger partial charge in [0, 0.05) is 6.61 Å². The van der Waals surface area contributed by atoms with E-state index in [1.807, 2.05) is 7.05 Å². The Hall–Kier alpha value is -0.200. The fraction of sp³-hybridized carbons (Fsp3) is 1.00. The number of hydrogen-bond donors (Lipinski definition) is 3. The first-order valence-electron chi connectivity index (χ1n) is 11.4. The lowest BCUT2D eigenvalue weighted by Gasteiger charge is -2.35. The molecule has 0 saturated carbocycles. The molecule has 5 nitrogen and oxygen atoms in total. The molecule has 27 heavy (non-hydrogen) atoms. The van der Waals surface area contributed by atoms with Crippen LogP contribution in [0.1, 0.15) is 84.0 Å². The van der Waals surface area contributed by atoms with E-state index in [0.717, 1.165) is 6.42 Å².